The first-order valence-electron chi connectivity index (χ1n) is 6.66. The molecule has 2 rings (SSSR count). The van der Waals surface area contributed by atoms with Crippen molar-refractivity contribution < 1.29 is 14.3 Å². The molecular formula is C15H19NO3. The summed E-state index contributed by atoms with van der Waals surface area (Å²) in [4.78, 5) is 26.0. The first-order valence-corrected chi connectivity index (χ1v) is 6.66. The van der Waals surface area contributed by atoms with Gasteiger partial charge in [-0.3, -0.25) is 4.90 Å². The van der Waals surface area contributed by atoms with Crippen LogP contribution < -0.4 is 0 Å². The van der Waals surface area contributed by atoms with Crippen molar-refractivity contribution in [1.82, 2.24) is 4.90 Å². The molecule has 0 unspecified atom stereocenters. The Morgan fingerprint density at radius 1 is 1.26 bits per heavy atom. The minimum atomic E-state index is -0.568. The molecule has 1 aliphatic heterocycles. The normalized spacial score (nSPS) is 19.6. The lowest BCUT2D eigenvalue weighted by molar-refractivity contribution is -0.143. The first kappa shape index (κ1) is 13.7. The van der Waals surface area contributed by atoms with Gasteiger partial charge in [-0.05, 0) is 45.4 Å². The predicted molar refractivity (Wildman–Crippen MR) is 71.7 cm³/mol. The van der Waals surface area contributed by atoms with Crippen molar-refractivity contribution in [2.75, 3.05) is 6.54 Å². The van der Waals surface area contributed by atoms with Gasteiger partial charge in [0, 0.05) is 6.04 Å². The Hall–Kier alpha value is -1.68. The Morgan fingerprint density at radius 2 is 1.95 bits per heavy atom. The smallest absolute Gasteiger partial charge is 0.345 e. The Bertz CT molecular complexity index is 456. The molecule has 0 bridgehead atoms. The van der Waals surface area contributed by atoms with Gasteiger partial charge in [0.05, 0.1) is 5.56 Å². The molecule has 0 spiro atoms. The molecular weight excluding hydrogens is 242 g/mol. The summed E-state index contributed by atoms with van der Waals surface area (Å²) in [5.74, 6) is -0.999. The Balaban J connectivity index is 1.99. The van der Waals surface area contributed by atoms with Gasteiger partial charge in [-0.2, -0.15) is 0 Å². The maximum Gasteiger partial charge on any atom is 0.345 e. The van der Waals surface area contributed by atoms with Crippen LogP contribution in [0.4, 0.5) is 0 Å². The topological polar surface area (TPSA) is 46.6 Å². The van der Waals surface area contributed by atoms with E-state index in [-0.39, 0.29) is 12.1 Å². The molecule has 1 aromatic carbocycles. The van der Waals surface area contributed by atoms with Gasteiger partial charge in [0.1, 0.15) is 6.04 Å². The van der Waals surface area contributed by atoms with Crippen LogP contribution in [0.25, 0.3) is 0 Å². The second kappa shape index (κ2) is 5.97. The number of nitrogens with zero attached hydrogens (tertiary/aromatic N) is 1. The lowest BCUT2D eigenvalue weighted by Crippen LogP contribution is -2.42. The Labute approximate surface area is 113 Å². The number of esters is 2. The molecule has 102 valence electrons. The van der Waals surface area contributed by atoms with E-state index in [0.717, 1.165) is 19.4 Å². The van der Waals surface area contributed by atoms with Crippen LogP contribution in [-0.4, -0.2) is 35.5 Å². The third-order valence-corrected chi connectivity index (χ3v) is 3.43. The van der Waals surface area contributed by atoms with Crippen molar-refractivity contribution >= 4 is 11.9 Å². The summed E-state index contributed by atoms with van der Waals surface area (Å²) in [6.07, 6.45) is 1.73. The summed E-state index contributed by atoms with van der Waals surface area (Å²) in [6, 6.07) is 8.60. The number of ether oxygens (including phenoxy) is 1. The zero-order chi connectivity index (χ0) is 13.8. The maximum atomic E-state index is 12.1. The van der Waals surface area contributed by atoms with Gasteiger partial charge in [-0.15, -0.1) is 0 Å². The minimum absolute atomic E-state index is 0.284. The molecule has 0 amide bonds. The molecule has 0 N–H and O–H groups in total. The summed E-state index contributed by atoms with van der Waals surface area (Å²) < 4.78 is 4.98. The molecule has 1 aliphatic rings. The van der Waals surface area contributed by atoms with Gasteiger partial charge in [0.15, 0.2) is 0 Å². The highest BCUT2D eigenvalue weighted by atomic mass is 16.6. The average Bonchev–Trinajstić information content (AvgIpc) is 2.89. The number of likely N-dealkylation sites (tertiary alicyclic amines) is 1. The number of hydrogen-bond donors (Lipinski definition) is 0. The van der Waals surface area contributed by atoms with E-state index < -0.39 is 11.9 Å². The van der Waals surface area contributed by atoms with E-state index >= 15 is 0 Å². The Kier molecular flexibility index (Phi) is 4.32. The fourth-order valence-electron chi connectivity index (χ4n) is 2.45. The van der Waals surface area contributed by atoms with Crippen LogP contribution in [-0.2, 0) is 9.53 Å². The zero-order valence-electron chi connectivity index (χ0n) is 11.3. The van der Waals surface area contributed by atoms with E-state index in [2.05, 4.69) is 4.90 Å². The number of hydrogen-bond acceptors (Lipinski definition) is 4. The summed E-state index contributed by atoms with van der Waals surface area (Å²) >= 11 is 0. The average molecular weight is 261 g/mol. The van der Waals surface area contributed by atoms with Gasteiger partial charge in [-0.1, -0.05) is 18.2 Å². The van der Waals surface area contributed by atoms with Crippen molar-refractivity contribution in [2.24, 2.45) is 0 Å². The van der Waals surface area contributed by atoms with Crippen LogP contribution in [0.1, 0.15) is 37.0 Å². The highest BCUT2D eigenvalue weighted by molar-refractivity contribution is 5.98. The van der Waals surface area contributed by atoms with Gasteiger partial charge in [0.2, 0.25) is 0 Å². The summed E-state index contributed by atoms with van der Waals surface area (Å²) in [5.41, 5.74) is 0.407. The quantitative estimate of drug-likeness (QED) is 0.618. The highest BCUT2D eigenvalue weighted by Crippen LogP contribution is 2.21. The number of carbonyl (C=O) groups excluding carboxylic acids is 2. The summed E-state index contributed by atoms with van der Waals surface area (Å²) in [5, 5.41) is 0. The zero-order valence-corrected chi connectivity index (χ0v) is 11.3. The molecule has 0 aromatic heterocycles. The van der Waals surface area contributed by atoms with Gasteiger partial charge in [-0.25, -0.2) is 9.59 Å². The lowest BCUT2D eigenvalue weighted by Gasteiger charge is -2.26. The van der Waals surface area contributed by atoms with E-state index in [9.17, 15) is 9.59 Å². The molecule has 19 heavy (non-hydrogen) atoms. The third kappa shape index (κ3) is 3.20. The molecule has 1 atom stereocenters. The van der Waals surface area contributed by atoms with Crippen molar-refractivity contribution in [2.45, 2.75) is 38.8 Å². The van der Waals surface area contributed by atoms with Gasteiger partial charge < -0.3 is 4.74 Å². The van der Waals surface area contributed by atoms with Crippen molar-refractivity contribution in [3.63, 3.8) is 0 Å². The van der Waals surface area contributed by atoms with Crippen LogP contribution in [0.15, 0.2) is 30.3 Å². The molecule has 4 nitrogen and oxygen atoms in total. The van der Waals surface area contributed by atoms with Gasteiger partial charge in [0.25, 0.3) is 0 Å². The van der Waals surface area contributed by atoms with E-state index in [1.807, 2.05) is 19.9 Å². The minimum Gasteiger partial charge on any atom is -0.388 e. The highest BCUT2D eigenvalue weighted by Gasteiger charge is 2.34. The van der Waals surface area contributed by atoms with Crippen LogP contribution >= 0.6 is 0 Å². The van der Waals surface area contributed by atoms with Crippen molar-refractivity contribution in [3.05, 3.63) is 35.9 Å². The van der Waals surface area contributed by atoms with Crippen LogP contribution in [0, 0.1) is 0 Å². The van der Waals surface area contributed by atoms with Crippen molar-refractivity contribution in [1.29, 1.82) is 0 Å². The summed E-state index contributed by atoms with van der Waals surface area (Å²) in [6.45, 7) is 4.98. The van der Waals surface area contributed by atoms with Crippen LogP contribution in [0.5, 0.6) is 0 Å². The predicted octanol–water partition coefficient (Wildman–Crippen LogP) is 2.24. The maximum absolute atomic E-state index is 12.1. The first-order chi connectivity index (χ1) is 9.09. The SMILES string of the molecule is CC(C)N1CCC[C@H]1C(=O)OC(=O)c1ccccc1. The second-order valence-corrected chi connectivity index (χ2v) is 5.06. The molecule has 0 aliphatic carbocycles. The second-order valence-electron chi connectivity index (χ2n) is 5.06. The molecule has 1 fully saturated rings. The summed E-state index contributed by atoms with van der Waals surface area (Å²) in [7, 11) is 0. The van der Waals surface area contributed by atoms with Crippen LogP contribution in [0.3, 0.4) is 0 Å². The van der Waals surface area contributed by atoms with E-state index in [1.165, 1.54) is 0 Å². The van der Waals surface area contributed by atoms with E-state index in [0.29, 0.717) is 5.56 Å². The van der Waals surface area contributed by atoms with Gasteiger partial charge >= 0.3 is 11.9 Å². The fraction of sp³-hybridized carbons (Fsp3) is 0.467. The van der Waals surface area contributed by atoms with E-state index in [1.54, 1.807) is 24.3 Å². The molecule has 1 saturated heterocycles. The monoisotopic (exact) mass is 261 g/mol. The molecule has 0 radical (unpaired) electrons. The Morgan fingerprint density at radius 3 is 2.58 bits per heavy atom. The largest absolute Gasteiger partial charge is 0.388 e. The fourth-order valence-corrected chi connectivity index (χ4v) is 2.45. The standard InChI is InChI=1S/C15H19NO3/c1-11(2)16-10-6-9-13(16)15(18)19-14(17)12-7-4-3-5-8-12/h3-5,7-8,11,13H,6,9-10H2,1-2H3/t13-/m0/s1. The molecule has 1 heterocycles. The molecule has 4 heteroatoms. The molecule has 0 saturated carbocycles. The number of carbonyl (C=O) groups is 2. The van der Waals surface area contributed by atoms with Crippen molar-refractivity contribution in [3.8, 4) is 0 Å². The van der Waals surface area contributed by atoms with Crippen LogP contribution in [0.2, 0.25) is 0 Å². The number of rotatable bonds is 3. The number of benzene rings is 1. The molecule has 1 aromatic rings. The van der Waals surface area contributed by atoms with E-state index in [4.69, 9.17) is 4.74 Å². The third-order valence-electron chi connectivity index (χ3n) is 3.43. The lowest BCUT2D eigenvalue weighted by atomic mass is 10.2.